The number of benzene rings is 1. The number of aryl methyl sites for hydroxylation is 1. The van der Waals surface area contributed by atoms with E-state index in [0.717, 1.165) is 43.3 Å². The summed E-state index contributed by atoms with van der Waals surface area (Å²) in [6.07, 6.45) is 0. The average molecular weight is 314 g/mol. The van der Waals surface area contributed by atoms with Gasteiger partial charge < -0.3 is 19.7 Å². The van der Waals surface area contributed by atoms with Crippen molar-refractivity contribution in [3.8, 4) is 22.9 Å². The van der Waals surface area contributed by atoms with Crippen LogP contribution in [0.3, 0.4) is 0 Å². The van der Waals surface area contributed by atoms with Gasteiger partial charge in [0.1, 0.15) is 5.82 Å². The number of methoxy groups -OCH3 is 2. The summed E-state index contributed by atoms with van der Waals surface area (Å²) in [7, 11) is 3.26. The topological polar surface area (TPSA) is 59.5 Å². The van der Waals surface area contributed by atoms with Crippen LogP contribution in [0.1, 0.15) is 5.69 Å². The number of aromatic nitrogens is 2. The van der Waals surface area contributed by atoms with Crippen LogP contribution in [-0.2, 0) is 0 Å². The van der Waals surface area contributed by atoms with Crippen LogP contribution in [0.5, 0.6) is 11.5 Å². The van der Waals surface area contributed by atoms with Crippen molar-refractivity contribution in [2.45, 2.75) is 6.92 Å². The molecule has 0 spiro atoms. The summed E-state index contributed by atoms with van der Waals surface area (Å²) in [6, 6.07) is 7.78. The van der Waals surface area contributed by atoms with Gasteiger partial charge in [-0.05, 0) is 25.1 Å². The predicted octanol–water partition coefficient (Wildman–Crippen LogP) is 1.88. The molecule has 1 aromatic heterocycles. The minimum absolute atomic E-state index is 0.679. The molecule has 23 heavy (non-hydrogen) atoms. The van der Waals surface area contributed by atoms with Crippen LogP contribution in [0.4, 0.5) is 5.82 Å². The molecule has 0 unspecified atom stereocenters. The first-order valence-electron chi connectivity index (χ1n) is 7.75. The Hall–Kier alpha value is -2.34. The number of nitrogens with one attached hydrogen (secondary N) is 1. The predicted molar refractivity (Wildman–Crippen MR) is 90.4 cm³/mol. The van der Waals surface area contributed by atoms with Crippen LogP contribution in [0.2, 0.25) is 0 Å². The van der Waals surface area contributed by atoms with Crippen molar-refractivity contribution < 1.29 is 9.47 Å². The highest BCUT2D eigenvalue weighted by molar-refractivity contribution is 5.63. The molecule has 0 amide bonds. The van der Waals surface area contributed by atoms with Gasteiger partial charge in [-0.25, -0.2) is 9.97 Å². The molecule has 0 saturated carbocycles. The second-order valence-electron chi connectivity index (χ2n) is 5.50. The molecular weight excluding hydrogens is 292 g/mol. The number of hydrogen-bond acceptors (Lipinski definition) is 6. The van der Waals surface area contributed by atoms with E-state index in [0.29, 0.717) is 17.3 Å². The summed E-state index contributed by atoms with van der Waals surface area (Å²) in [4.78, 5) is 11.6. The first-order valence-corrected chi connectivity index (χ1v) is 7.75. The molecule has 1 fully saturated rings. The van der Waals surface area contributed by atoms with Gasteiger partial charge in [0, 0.05) is 43.5 Å². The van der Waals surface area contributed by atoms with Crippen molar-refractivity contribution in [3.05, 3.63) is 30.0 Å². The van der Waals surface area contributed by atoms with Gasteiger partial charge in [-0.2, -0.15) is 0 Å². The van der Waals surface area contributed by atoms with E-state index in [4.69, 9.17) is 14.5 Å². The number of ether oxygens (including phenoxy) is 2. The number of rotatable bonds is 4. The molecule has 1 aliphatic heterocycles. The van der Waals surface area contributed by atoms with E-state index in [1.54, 1.807) is 14.2 Å². The van der Waals surface area contributed by atoms with Gasteiger partial charge in [0.25, 0.3) is 0 Å². The van der Waals surface area contributed by atoms with E-state index in [1.807, 2.05) is 31.2 Å². The maximum atomic E-state index is 5.38. The number of piperazine rings is 1. The van der Waals surface area contributed by atoms with Gasteiger partial charge in [0.2, 0.25) is 0 Å². The third-order valence-corrected chi connectivity index (χ3v) is 3.92. The molecule has 0 atom stereocenters. The summed E-state index contributed by atoms with van der Waals surface area (Å²) in [6.45, 7) is 5.88. The Morgan fingerprint density at radius 3 is 2.43 bits per heavy atom. The van der Waals surface area contributed by atoms with Gasteiger partial charge >= 0.3 is 0 Å². The van der Waals surface area contributed by atoms with Gasteiger partial charge in [-0.1, -0.05) is 0 Å². The quantitative estimate of drug-likeness (QED) is 0.930. The lowest BCUT2D eigenvalue weighted by Crippen LogP contribution is -2.44. The number of nitrogens with zero attached hydrogens (tertiary/aromatic N) is 3. The Morgan fingerprint density at radius 1 is 1.00 bits per heavy atom. The summed E-state index contributed by atoms with van der Waals surface area (Å²) in [5.74, 6) is 3.06. The molecule has 1 saturated heterocycles. The highest BCUT2D eigenvalue weighted by Crippen LogP contribution is 2.31. The highest BCUT2D eigenvalue weighted by atomic mass is 16.5. The van der Waals surface area contributed by atoms with Crippen LogP contribution in [0.15, 0.2) is 24.3 Å². The zero-order chi connectivity index (χ0) is 16.2. The third-order valence-electron chi connectivity index (χ3n) is 3.92. The average Bonchev–Trinajstić information content (AvgIpc) is 2.61. The standard InChI is InChI=1S/C17H22N4O2/c1-12-10-16(21-8-6-18-7-9-21)20-17(19-12)13-4-5-14(22-2)15(11-13)23-3/h4-5,10-11,18H,6-9H2,1-3H3. The first-order chi connectivity index (χ1) is 11.2. The maximum Gasteiger partial charge on any atom is 0.161 e. The maximum absolute atomic E-state index is 5.38. The molecule has 2 heterocycles. The van der Waals surface area contributed by atoms with Gasteiger partial charge in [0.05, 0.1) is 14.2 Å². The Labute approximate surface area is 136 Å². The largest absolute Gasteiger partial charge is 0.493 e. The number of hydrogen-bond donors (Lipinski definition) is 1. The van der Waals surface area contributed by atoms with E-state index in [-0.39, 0.29) is 0 Å². The van der Waals surface area contributed by atoms with Crippen molar-refractivity contribution in [2.75, 3.05) is 45.3 Å². The molecular formula is C17H22N4O2. The third kappa shape index (κ3) is 3.37. The number of anilines is 1. The molecule has 0 aliphatic carbocycles. The Kier molecular flexibility index (Phi) is 4.62. The normalized spacial score (nSPS) is 14.7. The zero-order valence-electron chi connectivity index (χ0n) is 13.8. The van der Waals surface area contributed by atoms with E-state index >= 15 is 0 Å². The molecule has 6 heteroatoms. The van der Waals surface area contributed by atoms with Crippen LogP contribution in [0, 0.1) is 6.92 Å². The SMILES string of the molecule is COc1ccc(-c2nc(C)cc(N3CCNCC3)n2)cc1OC. The second kappa shape index (κ2) is 6.83. The molecule has 2 aromatic rings. The smallest absolute Gasteiger partial charge is 0.161 e. The second-order valence-corrected chi connectivity index (χ2v) is 5.50. The molecule has 0 bridgehead atoms. The lowest BCUT2D eigenvalue weighted by molar-refractivity contribution is 0.355. The molecule has 122 valence electrons. The molecule has 1 aromatic carbocycles. The molecule has 1 N–H and O–H groups in total. The van der Waals surface area contributed by atoms with Crippen LogP contribution < -0.4 is 19.7 Å². The van der Waals surface area contributed by atoms with Gasteiger partial charge in [0.15, 0.2) is 17.3 Å². The van der Waals surface area contributed by atoms with E-state index in [2.05, 4.69) is 15.2 Å². The highest BCUT2D eigenvalue weighted by Gasteiger charge is 2.15. The summed E-state index contributed by atoms with van der Waals surface area (Å²) >= 11 is 0. The van der Waals surface area contributed by atoms with Crippen LogP contribution >= 0.6 is 0 Å². The van der Waals surface area contributed by atoms with E-state index < -0.39 is 0 Å². The molecule has 0 radical (unpaired) electrons. The lowest BCUT2D eigenvalue weighted by atomic mass is 10.2. The Bertz CT molecular complexity index is 684. The van der Waals surface area contributed by atoms with Crippen molar-refractivity contribution in [3.63, 3.8) is 0 Å². The van der Waals surface area contributed by atoms with Gasteiger partial charge in [-0.15, -0.1) is 0 Å². The van der Waals surface area contributed by atoms with Crippen molar-refractivity contribution in [1.29, 1.82) is 0 Å². The lowest BCUT2D eigenvalue weighted by Gasteiger charge is -2.28. The Balaban J connectivity index is 1.97. The van der Waals surface area contributed by atoms with E-state index in [9.17, 15) is 0 Å². The molecule has 3 rings (SSSR count). The van der Waals surface area contributed by atoms with Crippen molar-refractivity contribution in [1.82, 2.24) is 15.3 Å². The summed E-state index contributed by atoms with van der Waals surface area (Å²) in [5, 5.41) is 3.36. The molecule has 6 nitrogen and oxygen atoms in total. The van der Waals surface area contributed by atoms with E-state index in [1.165, 1.54) is 0 Å². The fraction of sp³-hybridized carbons (Fsp3) is 0.412. The van der Waals surface area contributed by atoms with Crippen molar-refractivity contribution in [2.24, 2.45) is 0 Å². The monoisotopic (exact) mass is 314 g/mol. The first kappa shape index (κ1) is 15.6. The minimum Gasteiger partial charge on any atom is -0.493 e. The van der Waals surface area contributed by atoms with Gasteiger partial charge in [-0.3, -0.25) is 0 Å². The summed E-state index contributed by atoms with van der Waals surface area (Å²) in [5.41, 5.74) is 1.88. The van der Waals surface area contributed by atoms with Crippen molar-refractivity contribution >= 4 is 5.82 Å². The fourth-order valence-corrected chi connectivity index (χ4v) is 2.71. The minimum atomic E-state index is 0.679. The summed E-state index contributed by atoms with van der Waals surface area (Å²) < 4.78 is 10.7. The molecule has 1 aliphatic rings. The van der Waals surface area contributed by atoms with Crippen LogP contribution in [0.25, 0.3) is 11.4 Å². The fourth-order valence-electron chi connectivity index (χ4n) is 2.71. The zero-order valence-corrected chi connectivity index (χ0v) is 13.8. The van der Waals surface area contributed by atoms with Crippen LogP contribution in [-0.4, -0.2) is 50.4 Å². The Morgan fingerprint density at radius 2 is 1.74 bits per heavy atom.